The van der Waals surface area contributed by atoms with E-state index in [0.717, 1.165) is 18.5 Å². The van der Waals surface area contributed by atoms with Crippen LogP contribution in [0.5, 0.6) is 0 Å². The van der Waals surface area contributed by atoms with Crippen LogP contribution in [0.4, 0.5) is 5.95 Å². The van der Waals surface area contributed by atoms with Crippen molar-refractivity contribution in [2.45, 2.75) is 32.7 Å². The Labute approximate surface area is 101 Å². The fourth-order valence-corrected chi connectivity index (χ4v) is 2.01. The number of nitrogens with two attached hydrogens (primary N) is 1. The van der Waals surface area contributed by atoms with Crippen molar-refractivity contribution in [2.75, 3.05) is 5.73 Å². The lowest BCUT2D eigenvalue weighted by atomic mass is 10.2. The van der Waals surface area contributed by atoms with E-state index >= 15 is 0 Å². The third-order valence-electron chi connectivity index (χ3n) is 2.91. The maximum Gasteiger partial charge on any atom is 0.201 e. The minimum absolute atomic E-state index is 0.499. The number of nitrogens with zero attached hydrogens (tertiary/aromatic N) is 3. The van der Waals surface area contributed by atoms with Crippen LogP contribution in [-0.4, -0.2) is 9.55 Å². The lowest BCUT2D eigenvalue weighted by Gasteiger charge is -2.05. The normalized spacial score (nSPS) is 10.6. The zero-order valence-corrected chi connectivity index (χ0v) is 9.98. The number of benzene rings is 1. The van der Waals surface area contributed by atoms with Gasteiger partial charge in [-0.15, -0.1) is 0 Å². The molecule has 0 aliphatic carbocycles. The predicted octanol–water partition coefficient (Wildman–Crippen LogP) is 2.68. The van der Waals surface area contributed by atoms with Crippen molar-refractivity contribution in [2.24, 2.45) is 0 Å². The highest BCUT2D eigenvalue weighted by molar-refractivity contribution is 5.83. The molecule has 2 aromatic rings. The summed E-state index contributed by atoms with van der Waals surface area (Å²) in [4.78, 5) is 4.28. The van der Waals surface area contributed by atoms with Gasteiger partial charge in [-0.2, -0.15) is 5.26 Å². The van der Waals surface area contributed by atoms with Crippen molar-refractivity contribution in [3.8, 4) is 6.07 Å². The second kappa shape index (κ2) is 4.88. The van der Waals surface area contributed by atoms with Crippen LogP contribution in [0.1, 0.15) is 31.7 Å². The van der Waals surface area contributed by atoms with E-state index in [-0.39, 0.29) is 0 Å². The molecule has 2 N–H and O–H groups in total. The van der Waals surface area contributed by atoms with Gasteiger partial charge in [0.1, 0.15) is 11.6 Å². The van der Waals surface area contributed by atoms with Gasteiger partial charge in [-0.1, -0.05) is 25.8 Å². The molecule has 88 valence electrons. The summed E-state index contributed by atoms with van der Waals surface area (Å²) in [5.41, 5.74) is 8.16. The molecule has 0 saturated carbocycles. The first-order valence-electron chi connectivity index (χ1n) is 5.92. The summed E-state index contributed by atoms with van der Waals surface area (Å²) in [5.74, 6) is 0.499. The van der Waals surface area contributed by atoms with Crippen LogP contribution >= 0.6 is 0 Å². The topological polar surface area (TPSA) is 67.6 Å². The van der Waals surface area contributed by atoms with Gasteiger partial charge in [0.2, 0.25) is 5.95 Å². The predicted molar refractivity (Wildman–Crippen MR) is 68.4 cm³/mol. The minimum atomic E-state index is 0.499. The monoisotopic (exact) mass is 228 g/mol. The Bertz CT molecular complexity index is 563. The van der Waals surface area contributed by atoms with E-state index in [1.807, 2.05) is 16.7 Å². The maximum absolute atomic E-state index is 9.01. The van der Waals surface area contributed by atoms with Crippen LogP contribution in [0.3, 0.4) is 0 Å². The standard InChI is InChI=1S/C13H16N4/c1-2-3-4-8-17-11-7-5-6-10(9-14)12(11)16-13(17)15/h5-7H,2-4,8H2,1H3,(H2,15,16). The summed E-state index contributed by atoms with van der Waals surface area (Å²) in [7, 11) is 0. The molecule has 1 heterocycles. The van der Waals surface area contributed by atoms with Crippen LogP contribution in [0.15, 0.2) is 18.2 Å². The Kier molecular flexibility index (Phi) is 3.29. The first kappa shape index (κ1) is 11.5. The van der Waals surface area contributed by atoms with E-state index in [4.69, 9.17) is 11.0 Å². The van der Waals surface area contributed by atoms with Gasteiger partial charge in [0, 0.05) is 6.54 Å². The van der Waals surface area contributed by atoms with Crippen LogP contribution in [-0.2, 0) is 6.54 Å². The summed E-state index contributed by atoms with van der Waals surface area (Å²) in [5, 5.41) is 9.01. The average Bonchev–Trinajstić information content (AvgIpc) is 2.66. The molecular formula is C13H16N4. The SMILES string of the molecule is CCCCCn1c(N)nc2c(C#N)cccc21. The zero-order valence-electron chi connectivity index (χ0n) is 9.98. The molecule has 1 aromatic heterocycles. The quantitative estimate of drug-likeness (QED) is 0.818. The molecule has 0 saturated heterocycles. The van der Waals surface area contributed by atoms with E-state index in [1.54, 1.807) is 6.07 Å². The van der Waals surface area contributed by atoms with Crippen LogP contribution < -0.4 is 5.73 Å². The molecule has 0 spiro atoms. The molecule has 0 bridgehead atoms. The van der Waals surface area contributed by atoms with E-state index in [0.29, 0.717) is 17.0 Å². The molecular weight excluding hydrogens is 212 g/mol. The van der Waals surface area contributed by atoms with Crippen molar-refractivity contribution < 1.29 is 0 Å². The van der Waals surface area contributed by atoms with Gasteiger partial charge in [-0.3, -0.25) is 0 Å². The molecule has 17 heavy (non-hydrogen) atoms. The number of hydrogen-bond acceptors (Lipinski definition) is 3. The fraction of sp³-hybridized carbons (Fsp3) is 0.385. The Morgan fingerprint density at radius 3 is 2.94 bits per heavy atom. The van der Waals surface area contributed by atoms with Gasteiger partial charge >= 0.3 is 0 Å². The van der Waals surface area contributed by atoms with Gasteiger partial charge in [0.05, 0.1) is 11.1 Å². The fourth-order valence-electron chi connectivity index (χ4n) is 2.01. The number of nitrogen functional groups attached to an aromatic ring is 1. The zero-order chi connectivity index (χ0) is 12.3. The maximum atomic E-state index is 9.01. The van der Waals surface area contributed by atoms with E-state index in [2.05, 4.69) is 18.0 Å². The summed E-state index contributed by atoms with van der Waals surface area (Å²) >= 11 is 0. The van der Waals surface area contributed by atoms with Crippen LogP contribution in [0.25, 0.3) is 11.0 Å². The molecule has 1 aromatic carbocycles. The molecule has 2 rings (SSSR count). The smallest absolute Gasteiger partial charge is 0.201 e. The highest BCUT2D eigenvalue weighted by atomic mass is 15.1. The van der Waals surface area contributed by atoms with Gasteiger partial charge in [-0.25, -0.2) is 4.98 Å². The summed E-state index contributed by atoms with van der Waals surface area (Å²) in [6.07, 6.45) is 3.44. The number of nitriles is 1. The number of anilines is 1. The van der Waals surface area contributed by atoms with Crippen LogP contribution in [0.2, 0.25) is 0 Å². The van der Waals surface area contributed by atoms with Crippen molar-refractivity contribution in [1.82, 2.24) is 9.55 Å². The third kappa shape index (κ3) is 2.09. The molecule has 0 radical (unpaired) electrons. The van der Waals surface area contributed by atoms with Crippen molar-refractivity contribution in [1.29, 1.82) is 5.26 Å². The Balaban J connectivity index is 2.42. The van der Waals surface area contributed by atoms with Gasteiger partial charge < -0.3 is 10.3 Å². The second-order valence-electron chi connectivity index (χ2n) is 4.11. The summed E-state index contributed by atoms with van der Waals surface area (Å²) in [6.45, 7) is 3.04. The lowest BCUT2D eigenvalue weighted by molar-refractivity contribution is 0.619. The molecule has 4 heteroatoms. The average molecular weight is 228 g/mol. The second-order valence-corrected chi connectivity index (χ2v) is 4.11. The Morgan fingerprint density at radius 1 is 1.41 bits per heavy atom. The number of para-hydroxylation sites is 1. The van der Waals surface area contributed by atoms with Crippen molar-refractivity contribution >= 4 is 17.0 Å². The highest BCUT2D eigenvalue weighted by Crippen LogP contribution is 2.21. The van der Waals surface area contributed by atoms with E-state index in [1.165, 1.54) is 12.8 Å². The number of hydrogen-bond donors (Lipinski definition) is 1. The van der Waals surface area contributed by atoms with Gasteiger partial charge in [0.25, 0.3) is 0 Å². The number of imidazole rings is 1. The largest absolute Gasteiger partial charge is 0.369 e. The van der Waals surface area contributed by atoms with Crippen molar-refractivity contribution in [3.05, 3.63) is 23.8 Å². The summed E-state index contributed by atoms with van der Waals surface area (Å²) < 4.78 is 1.99. The summed E-state index contributed by atoms with van der Waals surface area (Å²) in [6, 6.07) is 7.75. The highest BCUT2D eigenvalue weighted by Gasteiger charge is 2.10. The molecule has 0 aliphatic rings. The van der Waals surface area contributed by atoms with E-state index in [9.17, 15) is 0 Å². The van der Waals surface area contributed by atoms with Gasteiger partial charge in [0.15, 0.2) is 0 Å². The molecule has 0 atom stereocenters. The third-order valence-corrected chi connectivity index (χ3v) is 2.91. The lowest BCUT2D eigenvalue weighted by Crippen LogP contribution is -2.03. The Morgan fingerprint density at radius 2 is 2.24 bits per heavy atom. The molecule has 4 nitrogen and oxygen atoms in total. The first-order valence-corrected chi connectivity index (χ1v) is 5.92. The Hall–Kier alpha value is -2.02. The number of unbranched alkanes of at least 4 members (excludes halogenated alkanes) is 2. The van der Waals surface area contributed by atoms with Crippen LogP contribution in [0, 0.1) is 11.3 Å². The van der Waals surface area contributed by atoms with Gasteiger partial charge in [-0.05, 0) is 18.6 Å². The molecule has 0 amide bonds. The number of fused-ring (bicyclic) bond motifs is 1. The van der Waals surface area contributed by atoms with Crippen molar-refractivity contribution in [3.63, 3.8) is 0 Å². The molecule has 0 fully saturated rings. The molecule has 0 unspecified atom stereocenters. The number of aryl methyl sites for hydroxylation is 1. The number of aromatic nitrogens is 2. The first-order chi connectivity index (χ1) is 8.27. The number of rotatable bonds is 4. The van der Waals surface area contributed by atoms with E-state index < -0.39 is 0 Å². The minimum Gasteiger partial charge on any atom is -0.369 e. The molecule has 0 aliphatic heterocycles.